The highest BCUT2D eigenvalue weighted by atomic mass is 35.5. The minimum absolute atomic E-state index is 0.0756. The van der Waals surface area contributed by atoms with Crippen molar-refractivity contribution in [1.29, 1.82) is 0 Å². The number of aromatic nitrogens is 1. The van der Waals surface area contributed by atoms with Gasteiger partial charge in [0.25, 0.3) is 5.91 Å². The molecule has 1 aromatic heterocycles. The first kappa shape index (κ1) is 20.3. The normalized spacial score (nSPS) is 15.4. The summed E-state index contributed by atoms with van der Waals surface area (Å²) in [7, 11) is 0. The lowest BCUT2D eigenvalue weighted by Gasteiger charge is -2.27. The van der Waals surface area contributed by atoms with Gasteiger partial charge in [-0.2, -0.15) is 8.78 Å². The van der Waals surface area contributed by atoms with E-state index in [1.165, 1.54) is 18.3 Å². The van der Waals surface area contributed by atoms with E-state index in [1.54, 1.807) is 23.1 Å². The molecule has 0 saturated carbocycles. The molecule has 6 nitrogen and oxygen atoms in total. The van der Waals surface area contributed by atoms with Gasteiger partial charge in [-0.3, -0.25) is 4.79 Å². The number of hydrogen-bond acceptors (Lipinski definition) is 5. The summed E-state index contributed by atoms with van der Waals surface area (Å²) in [5.74, 6) is 0.327. The number of rotatable bonds is 6. The lowest BCUT2D eigenvalue weighted by atomic mass is 10.1. The molecule has 0 radical (unpaired) electrons. The predicted octanol–water partition coefficient (Wildman–Crippen LogP) is 3.98. The maximum absolute atomic E-state index is 12.5. The van der Waals surface area contributed by atoms with Crippen molar-refractivity contribution in [2.75, 3.05) is 31.6 Å². The molecule has 1 aliphatic heterocycles. The molecule has 0 aliphatic carbocycles. The Morgan fingerprint density at radius 1 is 1.32 bits per heavy atom. The van der Waals surface area contributed by atoms with Gasteiger partial charge in [0.15, 0.2) is 0 Å². The molecule has 1 amide bonds. The van der Waals surface area contributed by atoms with Crippen molar-refractivity contribution < 1.29 is 23.0 Å². The SMILES string of the molecule is CC(Nc1ncc(C(=O)N2CCOCC2)cc1Cl)c1cccc(OC(F)F)c1. The smallest absolute Gasteiger partial charge is 0.387 e. The molecular weight excluding hydrogens is 392 g/mol. The molecule has 2 aromatic rings. The third-order valence-corrected chi connectivity index (χ3v) is 4.61. The van der Waals surface area contributed by atoms with Crippen LogP contribution in [0, 0.1) is 0 Å². The summed E-state index contributed by atoms with van der Waals surface area (Å²) in [6, 6.07) is 7.68. The second-order valence-electron chi connectivity index (χ2n) is 6.28. The molecule has 3 rings (SSSR count). The lowest BCUT2D eigenvalue weighted by Crippen LogP contribution is -2.40. The number of pyridine rings is 1. The summed E-state index contributed by atoms with van der Waals surface area (Å²) in [5, 5.41) is 3.42. The van der Waals surface area contributed by atoms with Crippen LogP contribution in [0.3, 0.4) is 0 Å². The monoisotopic (exact) mass is 411 g/mol. The van der Waals surface area contributed by atoms with Gasteiger partial charge in [0, 0.05) is 19.3 Å². The molecular formula is C19H20ClF2N3O3. The fourth-order valence-corrected chi connectivity index (χ4v) is 3.08. The largest absolute Gasteiger partial charge is 0.435 e. The average molecular weight is 412 g/mol. The minimum atomic E-state index is -2.88. The number of morpholine rings is 1. The van der Waals surface area contributed by atoms with E-state index in [1.807, 2.05) is 6.92 Å². The third kappa shape index (κ3) is 5.08. The van der Waals surface area contributed by atoms with E-state index in [4.69, 9.17) is 16.3 Å². The molecule has 0 bridgehead atoms. The fraction of sp³-hybridized carbons (Fsp3) is 0.368. The van der Waals surface area contributed by atoms with E-state index in [0.717, 1.165) is 5.56 Å². The zero-order chi connectivity index (χ0) is 20.1. The molecule has 2 heterocycles. The van der Waals surface area contributed by atoms with Crippen molar-refractivity contribution in [1.82, 2.24) is 9.88 Å². The minimum Gasteiger partial charge on any atom is -0.435 e. The third-order valence-electron chi connectivity index (χ3n) is 4.32. The summed E-state index contributed by atoms with van der Waals surface area (Å²) < 4.78 is 34.4. The van der Waals surface area contributed by atoms with Crippen molar-refractivity contribution in [2.45, 2.75) is 19.6 Å². The zero-order valence-electron chi connectivity index (χ0n) is 15.2. The number of anilines is 1. The summed E-state index contributed by atoms with van der Waals surface area (Å²) in [5.41, 5.74) is 1.13. The Morgan fingerprint density at radius 3 is 2.75 bits per heavy atom. The van der Waals surface area contributed by atoms with Crippen LogP contribution in [0.15, 0.2) is 36.5 Å². The van der Waals surface area contributed by atoms with Gasteiger partial charge in [0.1, 0.15) is 11.6 Å². The Labute approximate surface area is 166 Å². The van der Waals surface area contributed by atoms with Crippen LogP contribution in [0.4, 0.5) is 14.6 Å². The highest BCUT2D eigenvalue weighted by molar-refractivity contribution is 6.33. The van der Waals surface area contributed by atoms with Gasteiger partial charge in [-0.15, -0.1) is 0 Å². The molecule has 28 heavy (non-hydrogen) atoms. The van der Waals surface area contributed by atoms with Gasteiger partial charge in [-0.05, 0) is 30.7 Å². The second-order valence-corrected chi connectivity index (χ2v) is 6.68. The Kier molecular flexibility index (Phi) is 6.64. The highest BCUT2D eigenvalue weighted by Gasteiger charge is 2.20. The van der Waals surface area contributed by atoms with E-state index in [0.29, 0.717) is 42.7 Å². The van der Waals surface area contributed by atoms with Crippen LogP contribution in [0.2, 0.25) is 5.02 Å². The first-order valence-corrected chi connectivity index (χ1v) is 9.15. The van der Waals surface area contributed by atoms with Crippen LogP contribution in [0.25, 0.3) is 0 Å². The molecule has 1 atom stereocenters. The molecule has 9 heteroatoms. The van der Waals surface area contributed by atoms with E-state index in [-0.39, 0.29) is 17.7 Å². The van der Waals surface area contributed by atoms with Crippen molar-refractivity contribution in [3.63, 3.8) is 0 Å². The number of halogens is 3. The first-order chi connectivity index (χ1) is 13.4. The first-order valence-electron chi connectivity index (χ1n) is 8.78. The van der Waals surface area contributed by atoms with Crippen LogP contribution in [0.5, 0.6) is 5.75 Å². The van der Waals surface area contributed by atoms with Gasteiger partial charge in [0.2, 0.25) is 0 Å². The zero-order valence-corrected chi connectivity index (χ0v) is 16.0. The Balaban J connectivity index is 1.69. The summed E-state index contributed by atoms with van der Waals surface area (Å²) in [6.45, 7) is 1.05. The van der Waals surface area contributed by atoms with E-state index in [2.05, 4.69) is 15.0 Å². The molecule has 150 valence electrons. The number of carbonyl (C=O) groups excluding carboxylic acids is 1. The van der Waals surface area contributed by atoms with Crippen molar-refractivity contribution >= 4 is 23.3 Å². The number of carbonyl (C=O) groups is 1. The molecule has 1 unspecified atom stereocenters. The highest BCUT2D eigenvalue weighted by Crippen LogP contribution is 2.27. The summed E-state index contributed by atoms with van der Waals surface area (Å²) in [4.78, 5) is 18.5. The van der Waals surface area contributed by atoms with Crippen LogP contribution >= 0.6 is 11.6 Å². The maximum atomic E-state index is 12.5. The number of nitrogens with zero attached hydrogens (tertiary/aromatic N) is 2. The summed E-state index contributed by atoms with van der Waals surface area (Å²) >= 11 is 6.30. The molecule has 1 saturated heterocycles. The molecule has 1 aliphatic rings. The molecule has 1 aromatic carbocycles. The van der Waals surface area contributed by atoms with Crippen LogP contribution < -0.4 is 10.1 Å². The van der Waals surface area contributed by atoms with Crippen molar-refractivity contribution in [3.05, 3.63) is 52.7 Å². The van der Waals surface area contributed by atoms with Crippen molar-refractivity contribution in [2.24, 2.45) is 0 Å². The Hall–Kier alpha value is -2.45. The summed E-state index contributed by atoms with van der Waals surface area (Å²) in [6.07, 6.45) is 1.47. The quantitative estimate of drug-likeness (QED) is 0.779. The predicted molar refractivity (Wildman–Crippen MR) is 101 cm³/mol. The Morgan fingerprint density at radius 2 is 2.07 bits per heavy atom. The second kappa shape index (κ2) is 9.16. The number of alkyl halides is 2. The Bertz CT molecular complexity index is 832. The van der Waals surface area contributed by atoms with Crippen molar-refractivity contribution in [3.8, 4) is 5.75 Å². The average Bonchev–Trinajstić information content (AvgIpc) is 2.69. The van der Waals surface area contributed by atoms with Gasteiger partial charge >= 0.3 is 6.61 Å². The van der Waals surface area contributed by atoms with Gasteiger partial charge in [-0.1, -0.05) is 23.7 Å². The molecule has 0 spiro atoms. The number of hydrogen-bond donors (Lipinski definition) is 1. The fourth-order valence-electron chi connectivity index (χ4n) is 2.86. The van der Waals surface area contributed by atoms with E-state index >= 15 is 0 Å². The topological polar surface area (TPSA) is 63.7 Å². The standard InChI is InChI=1S/C19H20ClF2N3O3/c1-12(13-3-2-4-15(9-13)28-19(21)22)24-17-16(20)10-14(11-23-17)18(26)25-5-7-27-8-6-25/h2-4,9-12,19H,5-8H2,1H3,(H,23,24). The van der Waals surface area contributed by atoms with Gasteiger partial charge < -0.3 is 19.7 Å². The molecule has 1 N–H and O–H groups in total. The molecule has 1 fully saturated rings. The maximum Gasteiger partial charge on any atom is 0.387 e. The van der Waals surface area contributed by atoms with E-state index in [9.17, 15) is 13.6 Å². The number of amides is 1. The number of ether oxygens (including phenoxy) is 2. The van der Waals surface area contributed by atoms with Gasteiger partial charge in [-0.25, -0.2) is 4.98 Å². The lowest BCUT2D eigenvalue weighted by molar-refractivity contribution is -0.0498. The van der Waals surface area contributed by atoms with E-state index < -0.39 is 6.61 Å². The van der Waals surface area contributed by atoms with Crippen LogP contribution in [0.1, 0.15) is 28.9 Å². The van der Waals surface area contributed by atoms with Crippen LogP contribution in [-0.4, -0.2) is 48.7 Å². The van der Waals surface area contributed by atoms with Crippen LogP contribution in [-0.2, 0) is 4.74 Å². The number of benzene rings is 1. The number of nitrogens with one attached hydrogen (secondary N) is 1. The van der Waals surface area contributed by atoms with Gasteiger partial charge in [0.05, 0.1) is 29.8 Å².